The Morgan fingerprint density at radius 2 is 2.00 bits per heavy atom. The molecule has 4 nitrogen and oxygen atoms in total. The van der Waals surface area contributed by atoms with Crippen LogP contribution in [0.25, 0.3) is 0 Å². The molecule has 0 radical (unpaired) electrons. The lowest BCUT2D eigenvalue weighted by molar-refractivity contribution is -0.117. The van der Waals surface area contributed by atoms with Crippen molar-refractivity contribution in [1.29, 1.82) is 0 Å². The van der Waals surface area contributed by atoms with E-state index in [9.17, 15) is 9.59 Å². The summed E-state index contributed by atoms with van der Waals surface area (Å²) >= 11 is 0. The monoisotopic (exact) mass is 192 g/mol. The molecule has 0 saturated heterocycles. The van der Waals surface area contributed by atoms with Crippen LogP contribution in [0.15, 0.2) is 24.3 Å². The van der Waals surface area contributed by atoms with Gasteiger partial charge < -0.3 is 11.1 Å². The first-order valence-electron chi connectivity index (χ1n) is 4.23. The quantitative estimate of drug-likeness (QED) is 0.738. The van der Waals surface area contributed by atoms with Crippen LogP contribution in [0.3, 0.4) is 0 Å². The van der Waals surface area contributed by atoms with Crippen molar-refractivity contribution in [2.45, 2.75) is 13.3 Å². The van der Waals surface area contributed by atoms with Crippen molar-refractivity contribution in [2.75, 3.05) is 5.32 Å². The van der Waals surface area contributed by atoms with E-state index in [1.807, 2.05) is 0 Å². The molecule has 1 aromatic carbocycles. The van der Waals surface area contributed by atoms with Crippen molar-refractivity contribution in [1.82, 2.24) is 0 Å². The van der Waals surface area contributed by atoms with E-state index in [-0.39, 0.29) is 12.3 Å². The Morgan fingerprint density at radius 1 is 1.36 bits per heavy atom. The molecular weight excluding hydrogens is 180 g/mol. The first-order chi connectivity index (χ1) is 6.59. The van der Waals surface area contributed by atoms with E-state index < -0.39 is 5.91 Å². The number of benzene rings is 1. The van der Waals surface area contributed by atoms with E-state index in [0.717, 1.165) is 5.56 Å². The first kappa shape index (κ1) is 10.2. The highest BCUT2D eigenvalue weighted by Gasteiger charge is 2.05. The number of nitrogens with one attached hydrogen (secondary N) is 1. The molecule has 14 heavy (non-hydrogen) atoms. The van der Waals surface area contributed by atoms with Crippen molar-refractivity contribution in [3.8, 4) is 0 Å². The van der Waals surface area contributed by atoms with Gasteiger partial charge in [0.15, 0.2) is 0 Å². The second kappa shape index (κ2) is 4.41. The van der Waals surface area contributed by atoms with Crippen molar-refractivity contribution in [3.63, 3.8) is 0 Å². The zero-order valence-electron chi connectivity index (χ0n) is 7.91. The summed E-state index contributed by atoms with van der Waals surface area (Å²) in [7, 11) is 0. The summed E-state index contributed by atoms with van der Waals surface area (Å²) in [5, 5.41) is 2.63. The molecule has 1 rings (SSSR count). The molecule has 0 aliphatic rings. The number of para-hydroxylation sites is 1. The minimum absolute atomic E-state index is 0.135. The van der Waals surface area contributed by atoms with Crippen LogP contribution in [-0.2, 0) is 16.0 Å². The van der Waals surface area contributed by atoms with E-state index in [4.69, 9.17) is 5.73 Å². The predicted molar refractivity (Wildman–Crippen MR) is 53.6 cm³/mol. The molecule has 4 heteroatoms. The maximum atomic E-state index is 10.8. The lowest BCUT2D eigenvalue weighted by Crippen LogP contribution is -2.16. The Labute approximate surface area is 82.1 Å². The smallest absolute Gasteiger partial charge is 0.221 e. The van der Waals surface area contributed by atoms with Gasteiger partial charge in [-0.25, -0.2) is 0 Å². The molecule has 0 saturated carbocycles. The highest BCUT2D eigenvalue weighted by atomic mass is 16.1. The van der Waals surface area contributed by atoms with Gasteiger partial charge in [0, 0.05) is 12.6 Å². The van der Waals surface area contributed by atoms with Crippen LogP contribution in [0.4, 0.5) is 5.69 Å². The van der Waals surface area contributed by atoms with Gasteiger partial charge in [0.1, 0.15) is 0 Å². The summed E-state index contributed by atoms with van der Waals surface area (Å²) < 4.78 is 0. The van der Waals surface area contributed by atoms with Crippen molar-refractivity contribution >= 4 is 17.5 Å². The fourth-order valence-electron chi connectivity index (χ4n) is 1.17. The lowest BCUT2D eigenvalue weighted by atomic mass is 10.1. The predicted octanol–water partition coefficient (Wildman–Crippen LogP) is 0.673. The summed E-state index contributed by atoms with van der Waals surface area (Å²) in [5.41, 5.74) is 6.44. The standard InChI is InChI=1S/C10H12N2O2/c1-7(13)12-9-5-3-2-4-8(9)6-10(11)14/h2-5H,6H2,1H3,(H2,11,14)(H,12,13). The van der Waals surface area contributed by atoms with Gasteiger partial charge in [-0.05, 0) is 11.6 Å². The minimum atomic E-state index is -0.414. The minimum Gasteiger partial charge on any atom is -0.369 e. The average molecular weight is 192 g/mol. The van der Waals surface area contributed by atoms with E-state index in [1.165, 1.54) is 6.92 Å². The molecule has 0 bridgehead atoms. The highest BCUT2D eigenvalue weighted by Crippen LogP contribution is 2.14. The highest BCUT2D eigenvalue weighted by molar-refractivity contribution is 5.90. The Bertz CT molecular complexity index is 326. The molecule has 2 amide bonds. The number of rotatable bonds is 3. The average Bonchev–Trinajstić information content (AvgIpc) is 2.06. The van der Waals surface area contributed by atoms with Gasteiger partial charge >= 0.3 is 0 Å². The summed E-state index contributed by atoms with van der Waals surface area (Å²) in [5.74, 6) is -0.579. The number of hydrogen-bond donors (Lipinski definition) is 2. The molecule has 0 aliphatic heterocycles. The van der Waals surface area contributed by atoms with Gasteiger partial charge in [0.2, 0.25) is 11.8 Å². The molecule has 0 heterocycles. The van der Waals surface area contributed by atoms with Crippen LogP contribution in [-0.4, -0.2) is 11.8 Å². The second-order valence-electron chi connectivity index (χ2n) is 2.98. The molecule has 0 spiro atoms. The van der Waals surface area contributed by atoms with Crippen molar-refractivity contribution < 1.29 is 9.59 Å². The number of nitrogens with two attached hydrogens (primary N) is 1. The number of anilines is 1. The number of amides is 2. The Hall–Kier alpha value is -1.84. The summed E-state index contributed by atoms with van der Waals surface area (Å²) in [6.45, 7) is 1.42. The third kappa shape index (κ3) is 2.90. The van der Waals surface area contributed by atoms with Crippen LogP contribution in [0.2, 0.25) is 0 Å². The third-order valence-corrected chi connectivity index (χ3v) is 1.69. The number of carbonyl (C=O) groups excluding carboxylic acids is 2. The summed E-state index contributed by atoms with van der Waals surface area (Å²) in [4.78, 5) is 21.5. The molecule has 0 atom stereocenters. The number of carbonyl (C=O) groups is 2. The van der Waals surface area contributed by atoms with E-state index in [0.29, 0.717) is 5.69 Å². The number of primary amides is 1. The maximum Gasteiger partial charge on any atom is 0.221 e. The van der Waals surface area contributed by atoms with Gasteiger partial charge in [0.05, 0.1) is 6.42 Å². The van der Waals surface area contributed by atoms with Crippen molar-refractivity contribution in [2.24, 2.45) is 5.73 Å². The summed E-state index contributed by atoms with van der Waals surface area (Å²) in [6, 6.07) is 7.08. The van der Waals surface area contributed by atoms with E-state index >= 15 is 0 Å². The van der Waals surface area contributed by atoms with Gasteiger partial charge in [-0.1, -0.05) is 18.2 Å². The van der Waals surface area contributed by atoms with E-state index in [2.05, 4.69) is 5.32 Å². The molecule has 0 fully saturated rings. The van der Waals surface area contributed by atoms with Crippen LogP contribution in [0.5, 0.6) is 0 Å². The van der Waals surface area contributed by atoms with Crippen LogP contribution < -0.4 is 11.1 Å². The van der Waals surface area contributed by atoms with Crippen LogP contribution in [0, 0.1) is 0 Å². The largest absolute Gasteiger partial charge is 0.369 e. The fraction of sp³-hybridized carbons (Fsp3) is 0.200. The van der Waals surface area contributed by atoms with Gasteiger partial charge in [-0.3, -0.25) is 9.59 Å². The molecule has 0 unspecified atom stereocenters. The Kier molecular flexibility index (Phi) is 3.23. The molecular formula is C10H12N2O2. The first-order valence-corrected chi connectivity index (χ1v) is 4.23. The molecule has 3 N–H and O–H groups in total. The maximum absolute atomic E-state index is 10.8. The third-order valence-electron chi connectivity index (χ3n) is 1.69. The normalized spacial score (nSPS) is 9.50. The molecule has 0 aliphatic carbocycles. The van der Waals surface area contributed by atoms with Crippen LogP contribution in [0.1, 0.15) is 12.5 Å². The van der Waals surface area contributed by atoms with E-state index in [1.54, 1.807) is 24.3 Å². The lowest BCUT2D eigenvalue weighted by Gasteiger charge is -2.07. The second-order valence-corrected chi connectivity index (χ2v) is 2.98. The summed E-state index contributed by atoms with van der Waals surface area (Å²) in [6.07, 6.45) is 0.135. The fourth-order valence-corrected chi connectivity index (χ4v) is 1.17. The Balaban J connectivity index is 2.90. The zero-order chi connectivity index (χ0) is 10.6. The molecule has 0 aromatic heterocycles. The van der Waals surface area contributed by atoms with Crippen molar-refractivity contribution in [3.05, 3.63) is 29.8 Å². The number of hydrogen-bond acceptors (Lipinski definition) is 2. The molecule has 1 aromatic rings. The van der Waals surface area contributed by atoms with Crippen LogP contribution >= 0.6 is 0 Å². The van der Waals surface area contributed by atoms with Gasteiger partial charge in [-0.2, -0.15) is 0 Å². The topological polar surface area (TPSA) is 72.2 Å². The zero-order valence-corrected chi connectivity index (χ0v) is 7.91. The molecule has 74 valence electrons. The van der Waals surface area contributed by atoms with Gasteiger partial charge in [-0.15, -0.1) is 0 Å². The van der Waals surface area contributed by atoms with Gasteiger partial charge in [0.25, 0.3) is 0 Å². The Morgan fingerprint density at radius 3 is 2.57 bits per heavy atom. The SMILES string of the molecule is CC(=O)Nc1ccccc1CC(N)=O.